The molecule has 1 aliphatic rings. The number of hydrogen-bond acceptors (Lipinski definition) is 5. The van der Waals surface area contributed by atoms with Crippen LogP contribution in [0.1, 0.15) is 63.0 Å². The van der Waals surface area contributed by atoms with Crippen LogP contribution >= 0.6 is 11.6 Å². The van der Waals surface area contributed by atoms with E-state index in [1.54, 1.807) is 6.92 Å². The zero-order valence-corrected chi connectivity index (χ0v) is 22.8. The molecule has 0 spiro atoms. The number of nitrogens with zero attached hydrogens (tertiary/aromatic N) is 2. The van der Waals surface area contributed by atoms with Crippen LogP contribution in [0.3, 0.4) is 0 Å². The lowest BCUT2D eigenvalue weighted by molar-refractivity contribution is -0.211. The third kappa shape index (κ3) is 6.83. The molecular weight excluding hydrogens is 549 g/mol. The summed E-state index contributed by atoms with van der Waals surface area (Å²) in [6.45, 7) is 2.27. The smallest absolute Gasteiger partial charge is 0.394 e. The molecule has 0 unspecified atom stereocenters. The highest BCUT2D eigenvalue weighted by molar-refractivity contribution is 6.36. The van der Waals surface area contributed by atoms with Gasteiger partial charge in [0.2, 0.25) is 0 Å². The number of aliphatic hydroxyl groups excluding tert-OH is 1. The lowest BCUT2D eigenvalue weighted by Gasteiger charge is -2.39. The quantitative estimate of drug-likeness (QED) is 0.335. The number of alkyl halides is 5. The van der Waals surface area contributed by atoms with Gasteiger partial charge in [-0.05, 0) is 56.2 Å². The highest BCUT2D eigenvalue weighted by atomic mass is 35.5. The van der Waals surface area contributed by atoms with E-state index in [4.69, 9.17) is 11.6 Å². The van der Waals surface area contributed by atoms with Crippen molar-refractivity contribution in [2.45, 2.75) is 84.4 Å². The summed E-state index contributed by atoms with van der Waals surface area (Å²) in [5, 5.41) is 27.7. The van der Waals surface area contributed by atoms with Gasteiger partial charge in [-0.15, -0.1) is 0 Å². The maximum absolute atomic E-state index is 13.4. The fourth-order valence-corrected chi connectivity index (χ4v) is 4.98. The van der Waals surface area contributed by atoms with E-state index in [0.29, 0.717) is 12.8 Å². The molecule has 1 aliphatic carbocycles. The molecule has 0 aliphatic heterocycles. The van der Waals surface area contributed by atoms with E-state index >= 15 is 0 Å². The van der Waals surface area contributed by atoms with Crippen LogP contribution in [0, 0.1) is 11.3 Å². The zero-order valence-electron chi connectivity index (χ0n) is 22.1. The number of aromatic nitrogens is 2. The molecule has 1 saturated carbocycles. The van der Waals surface area contributed by atoms with Gasteiger partial charge in [-0.1, -0.05) is 38.4 Å². The average molecular weight is 582 g/mol. The van der Waals surface area contributed by atoms with Gasteiger partial charge in [-0.25, -0.2) is 0 Å². The number of rotatable bonds is 9. The van der Waals surface area contributed by atoms with Crippen molar-refractivity contribution >= 4 is 17.5 Å². The Morgan fingerprint density at radius 3 is 2.56 bits per heavy atom. The minimum atomic E-state index is -4.53. The maximum Gasteiger partial charge on any atom is 0.394 e. The Morgan fingerprint density at radius 2 is 2.00 bits per heavy atom. The summed E-state index contributed by atoms with van der Waals surface area (Å²) in [6, 6.07) is 3.75. The van der Waals surface area contributed by atoms with Crippen LogP contribution < -0.4 is 10.1 Å². The molecule has 2 aromatic rings. The Labute approximate surface area is 228 Å². The second-order valence-electron chi connectivity index (χ2n) is 10.8. The van der Waals surface area contributed by atoms with Crippen LogP contribution in [0.4, 0.5) is 22.0 Å². The Morgan fingerprint density at radius 1 is 1.33 bits per heavy atom. The number of aryl methyl sites for hydroxylation is 1. The highest BCUT2D eigenvalue weighted by Crippen LogP contribution is 2.43. The fraction of sp³-hybridized carbons (Fsp3) is 0.615. The summed E-state index contributed by atoms with van der Waals surface area (Å²) in [5.41, 5.74) is -3.71. The predicted molar refractivity (Wildman–Crippen MR) is 135 cm³/mol. The number of hydrogen-bond donors (Lipinski definition) is 3. The maximum atomic E-state index is 13.4. The van der Waals surface area contributed by atoms with Gasteiger partial charge in [0.05, 0.1) is 22.2 Å². The Hall–Kier alpha value is -2.44. The molecule has 0 saturated heterocycles. The SMILES string of the molecule is CCn1nc(C(=O)NC[C@@]2(O)CC[C@H](C)C[C@@H]2O)c(Cl)c1-c1ccc(CC(C)(C)C(F)(F)F)cc1OC(F)F. The van der Waals surface area contributed by atoms with Gasteiger partial charge in [-0.2, -0.15) is 27.1 Å². The van der Waals surface area contributed by atoms with Crippen LogP contribution in [0.2, 0.25) is 5.02 Å². The number of benzene rings is 1. The monoisotopic (exact) mass is 581 g/mol. The molecule has 3 rings (SSSR count). The standard InChI is InChI=1S/C26H33ClF5N3O4/c1-5-35-21(16-7-6-15(11-17(16)39-23(28)29)12-24(3,4)26(30,31)32)19(27)20(34-35)22(37)33-13-25(38)9-8-14(2)10-18(25)36/h6-7,11,14,18,23,36,38H,5,8-10,12-13H2,1-4H3,(H,33,37)/t14-,18-,25-/m0/s1. The van der Waals surface area contributed by atoms with Crippen LogP contribution in [0.25, 0.3) is 11.3 Å². The highest BCUT2D eigenvalue weighted by Gasteiger charge is 2.47. The van der Waals surface area contributed by atoms with Crippen molar-refractivity contribution in [1.29, 1.82) is 0 Å². The minimum absolute atomic E-state index is 0.0117. The largest absolute Gasteiger partial charge is 0.434 e. The van der Waals surface area contributed by atoms with Crippen molar-refractivity contribution < 1.29 is 41.7 Å². The first-order chi connectivity index (χ1) is 18.0. The molecule has 218 valence electrons. The number of carbonyl (C=O) groups excluding carboxylic acids is 1. The van der Waals surface area contributed by atoms with E-state index < -0.39 is 48.0 Å². The second-order valence-corrected chi connectivity index (χ2v) is 11.2. The number of aliphatic hydroxyl groups is 2. The summed E-state index contributed by atoms with van der Waals surface area (Å²) in [5.74, 6) is -0.950. The lowest BCUT2D eigenvalue weighted by Crippen LogP contribution is -2.54. The summed E-state index contributed by atoms with van der Waals surface area (Å²) >= 11 is 6.51. The molecule has 39 heavy (non-hydrogen) atoms. The number of nitrogens with one attached hydrogen (secondary N) is 1. The predicted octanol–water partition coefficient (Wildman–Crippen LogP) is 5.60. The first-order valence-electron chi connectivity index (χ1n) is 12.6. The van der Waals surface area contributed by atoms with Gasteiger partial charge < -0.3 is 20.3 Å². The van der Waals surface area contributed by atoms with Crippen molar-refractivity contribution in [3.05, 3.63) is 34.5 Å². The molecule has 13 heteroatoms. The van der Waals surface area contributed by atoms with Crippen molar-refractivity contribution in [2.75, 3.05) is 6.54 Å². The van der Waals surface area contributed by atoms with Gasteiger partial charge in [0.25, 0.3) is 5.91 Å². The summed E-state index contributed by atoms with van der Waals surface area (Å²) < 4.78 is 72.7. The fourth-order valence-electron chi connectivity index (χ4n) is 4.65. The first kappa shape index (κ1) is 31.1. The van der Waals surface area contributed by atoms with Gasteiger partial charge in [0.15, 0.2) is 5.69 Å². The Kier molecular flexibility index (Phi) is 9.23. The molecule has 7 nitrogen and oxygen atoms in total. The third-order valence-electron chi connectivity index (χ3n) is 7.21. The molecule has 1 aromatic carbocycles. The van der Waals surface area contributed by atoms with E-state index in [1.807, 2.05) is 6.92 Å². The second kappa shape index (κ2) is 11.6. The molecule has 3 atom stereocenters. The van der Waals surface area contributed by atoms with E-state index in [9.17, 15) is 37.0 Å². The summed E-state index contributed by atoms with van der Waals surface area (Å²) in [7, 11) is 0. The summed E-state index contributed by atoms with van der Waals surface area (Å²) in [4.78, 5) is 13.0. The van der Waals surface area contributed by atoms with Gasteiger partial charge >= 0.3 is 12.8 Å². The van der Waals surface area contributed by atoms with E-state index in [2.05, 4.69) is 15.2 Å². The minimum Gasteiger partial charge on any atom is -0.434 e. The first-order valence-corrected chi connectivity index (χ1v) is 13.0. The molecule has 0 bridgehead atoms. The normalized spacial score (nSPS) is 22.3. The third-order valence-corrected chi connectivity index (χ3v) is 7.57. The lowest BCUT2D eigenvalue weighted by atomic mass is 9.77. The topological polar surface area (TPSA) is 96.6 Å². The number of ether oxygens (including phenoxy) is 1. The van der Waals surface area contributed by atoms with E-state index in [-0.39, 0.29) is 53.0 Å². The molecular formula is C26H33ClF5N3O4. The van der Waals surface area contributed by atoms with Crippen LogP contribution in [0.15, 0.2) is 18.2 Å². The van der Waals surface area contributed by atoms with Crippen molar-refractivity contribution in [2.24, 2.45) is 11.3 Å². The van der Waals surface area contributed by atoms with Crippen LogP contribution in [-0.4, -0.2) is 56.9 Å². The molecule has 1 aromatic heterocycles. The zero-order chi connectivity index (χ0) is 29.3. The van der Waals surface area contributed by atoms with Crippen LogP contribution in [-0.2, 0) is 13.0 Å². The van der Waals surface area contributed by atoms with Crippen molar-refractivity contribution in [1.82, 2.24) is 15.1 Å². The van der Waals surface area contributed by atoms with Crippen molar-refractivity contribution in [3.63, 3.8) is 0 Å². The van der Waals surface area contributed by atoms with Gasteiger partial charge in [0, 0.05) is 18.7 Å². The molecule has 0 radical (unpaired) electrons. The van der Waals surface area contributed by atoms with Crippen molar-refractivity contribution in [3.8, 4) is 17.0 Å². The van der Waals surface area contributed by atoms with E-state index in [0.717, 1.165) is 19.9 Å². The Balaban J connectivity index is 1.94. The van der Waals surface area contributed by atoms with Gasteiger partial charge in [0.1, 0.15) is 11.4 Å². The number of halogens is 6. The van der Waals surface area contributed by atoms with Crippen LogP contribution in [0.5, 0.6) is 5.75 Å². The molecule has 3 N–H and O–H groups in total. The number of amides is 1. The van der Waals surface area contributed by atoms with Gasteiger partial charge in [-0.3, -0.25) is 9.48 Å². The molecule has 1 fully saturated rings. The molecule has 1 heterocycles. The van der Waals surface area contributed by atoms with E-state index in [1.165, 1.54) is 16.8 Å². The number of carbonyl (C=O) groups is 1. The average Bonchev–Trinajstić information content (AvgIpc) is 3.15. The molecule has 1 amide bonds. The summed E-state index contributed by atoms with van der Waals surface area (Å²) in [6.07, 6.45) is -4.72. The Bertz CT molecular complexity index is 1190.